The fraction of sp³-hybridized carbons (Fsp3) is 0.238. The van der Waals surface area contributed by atoms with Crippen molar-refractivity contribution in [3.8, 4) is 23.0 Å². The van der Waals surface area contributed by atoms with Crippen molar-refractivity contribution in [3.05, 3.63) is 53.6 Å². The second kappa shape index (κ2) is 10.6. The summed E-state index contributed by atoms with van der Waals surface area (Å²) in [6, 6.07) is 10.2. The third kappa shape index (κ3) is 5.90. The third-order valence-corrected chi connectivity index (χ3v) is 3.84. The number of benzene rings is 2. The van der Waals surface area contributed by atoms with Crippen LogP contribution in [0.3, 0.4) is 0 Å². The fourth-order valence-electron chi connectivity index (χ4n) is 2.46. The van der Waals surface area contributed by atoms with Crippen LogP contribution in [-0.4, -0.2) is 39.8 Å². The van der Waals surface area contributed by atoms with Crippen LogP contribution in [0.5, 0.6) is 23.0 Å². The average molecular weight is 400 g/mol. The van der Waals surface area contributed by atoms with Gasteiger partial charge >= 0.3 is 0 Å². The molecule has 8 heteroatoms. The van der Waals surface area contributed by atoms with Gasteiger partial charge < -0.3 is 18.9 Å². The first-order valence-electron chi connectivity index (χ1n) is 8.83. The first kappa shape index (κ1) is 21.6. The molecule has 0 atom stereocenters. The van der Waals surface area contributed by atoms with Crippen molar-refractivity contribution in [3.63, 3.8) is 0 Å². The lowest BCUT2D eigenvalue weighted by atomic mass is 10.1. The van der Waals surface area contributed by atoms with Gasteiger partial charge in [-0.2, -0.15) is 0 Å². The Morgan fingerprint density at radius 1 is 0.931 bits per heavy atom. The molecule has 2 aromatic carbocycles. The van der Waals surface area contributed by atoms with Gasteiger partial charge in [0.15, 0.2) is 11.5 Å². The summed E-state index contributed by atoms with van der Waals surface area (Å²) in [6.07, 6.45) is 2.93. The van der Waals surface area contributed by atoms with E-state index in [1.54, 1.807) is 6.08 Å². The molecule has 154 valence electrons. The van der Waals surface area contributed by atoms with Gasteiger partial charge in [0.2, 0.25) is 5.75 Å². The molecule has 0 aromatic heterocycles. The summed E-state index contributed by atoms with van der Waals surface area (Å²) in [5.41, 5.74) is 5.71. The maximum atomic E-state index is 12.3. The van der Waals surface area contributed by atoms with Gasteiger partial charge in [-0.25, -0.2) is 0 Å². The predicted molar refractivity (Wildman–Crippen MR) is 108 cm³/mol. The normalized spacial score (nSPS) is 10.3. The van der Waals surface area contributed by atoms with E-state index in [2.05, 4.69) is 10.9 Å². The molecule has 2 N–H and O–H groups in total. The topological polar surface area (TPSA) is 95.1 Å². The van der Waals surface area contributed by atoms with Gasteiger partial charge in [0, 0.05) is 11.6 Å². The summed E-state index contributed by atoms with van der Waals surface area (Å²) >= 11 is 0. The van der Waals surface area contributed by atoms with Crippen LogP contribution in [0.25, 0.3) is 6.08 Å². The summed E-state index contributed by atoms with van der Waals surface area (Å²) < 4.78 is 21.0. The Labute approximate surface area is 169 Å². The maximum absolute atomic E-state index is 12.3. The van der Waals surface area contributed by atoms with Gasteiger partial charge in [-0.15, -0.1) is 0 Å². The largest absolute Gasteiger partial charge is 0.494 e. The lowest BCUT2D eigenvalue weighted by Crippen LogP contribution is -2.40. The van der Waals surface area contributed by atoms with Crippen LogP contribution in [0.2, 0.25) is 0 Å². The van der Waals surface area contributed by atoms with Gasteiger partial charge in [-0.3, -0.25) is 20.4 Å². The fourth-order valence-corrected chi connectivity index (χ4v) is 2.46. The van der Waals surface area contributed by atoms with Crippen molar-refractivity contribution < 1.29 is 28.5 Å². The standard InChI is InChI=1S/C21H24N2O6/c1-5-29-16-9-6-14(7-10-16)8-11-19(24)22-23-21(25)15-12-17(26-2)20(28-4)18(13-15)27-3/h6-13H,5H2,1-4H3,(H,22,24)(H,23,25)/b11-8+. The molecule has 0 saturated heterocycles. The highest BCUT2D eigenvalue weighted by Gasteiger charge is 2.17. The number of rotatable bonds is 8. The van der Waals surface area contributed by atoms with E-state index in [9.17, 15) is 9.59 Å². The predicted octanol–water partition coefficient (Wildman–Crippen LogP) is 2.59. The number of hydrazine groups is 1. The van der Waals surface area contributed by atoms with E-state index in [0.717, 1.165) is 11.3 Å². The van der Waals surface area contributed by atoms with Crippen LogP contribution >= 0.6 is 0 Å². The Kier molecular flexibility index (Phi) is 7.90. The third-order valence-electron chi connectivity index (χ3n) is 3.84. The monoisotopic (exact) mass is 400 g/mol. The summed E-state index contributed by atoms with van der Waals surface area (Å²) in [5.74, 6) is 0.768. The minimum Gasteiger partial charge on any atom is -0.494 e. The summed E-state index contributed by atoms with van der Waals surface area (Å²) in [7, 11) is 4.37. The van der Waals surface area contributed by atoms with Crippen molar-refractivity contribution in [2.24, 2.45) is 0 Å². The smallest absolute Gasteiger partial charge is 0.269 e. The Bertz CT molecular complexity index is 852. The van der Waals surface area contributed by atoms with Crippen molar-refractivity contribution in [2.75, 3.05) is 27.9 Å². The molecule has 0 aliphatic carbocycles. The van der Waals surface area contributed by atoms with E-state index >= 15 is 0 Å². The number of amides is 2. The molecule has 8 nitrogen and oxygen atoms in total. The van der Waals surface area contributed by atoms with Crippen LogP contribution in [0.1, 0.15) is 22.8 Å². The van der Waals surface area contributed by atoms with E-state index in [0.29, 0.717) is 23.9 Å². The summed E-state index contributed by atoms with van der Waals surface area (Å²) in [6.45, 7) is 2.49. The molecule has 0 unspecified atom stereocenters. The Morgan fingerprint density at radius 3 is 2.07 bits per heavy atom. The zero-order valence-corrected chi connectivity index (χ0v) is 16.8. The van der Waals surface area contributed by atoms with Crippen LogP contribution < -0.4 is 29.8 Å². The van der Waals surface area contributed by atoms with Crippen LogP contribution in [0, 0.1) is 0 Å². The van der Waals surface area contributed by atoms with E-state index in [1.807, 2.05) is 31.2 Å². The summed E-state index contributed by atoms with van der Waals surface area (Å²) in [5, 5.41) is 0. The highest BCUT2D eigenvalue weighted by atomic mass is 16.5. The Morgan fingerprint density at radius 2 is 1.55 bits per heavy atom. The number of carbonyl (C=O) groups is 2. The molecule has 0 aliphatic rings. The molecule has 0 fully saturated rings. The number of hydrogen-bond acceptors (Lipinski definition) is 6. The first-order chi connectivity index (χ1) is 14.0. The van der Waals surface area contributed by atoms with E-state index in [-0.39, 0.29) is 5.56 Å². The van der Waals surface area contributed by atoms with Crippen molar-refractivity contribution in [2.45, 2.75) is 6.92 Å². The van der Waals surface area contributed by atoms with E-state index in [1.165, 1.54) is 39.5 Å². The molecule has 0 aliphatic heterocycles. The minimum atomic E-state index is -0.535. The molecule has 0 spiro atoms. The van der Waals surface area contributed by atoms with Crippen molar-refractivity contribution >= 4 is 17.9 Å². The molecular weight excluding hydrogens is 376 g/mol. The van der Waals surface area contributed by atoms with Crippen LogP contribution in [0.4, 0.5) is 0 Å². The van der Waals surface area contributed by atoms with Gasteiger partial charge in [-0.1, -0.05) is 12.1 Å². The second-order valence-electron chi connectivity index (χ2n) is 5.69. The Balaban J connectivity index is 1.98. The molecule has 2 rings (SSSR count). The average Bonchev–Trinajstić information content (AvgIpc) is 2.75. The zero-order chi connectivity index (χ0) is 21.2. The van der Waals surface area contributed by atoms with E-state index in [4.69, 9.17) is 18.9 Å². The molecule has 2 amide bonds. The SMILES string of the molecule is CCOc1ccc(/C=C/C(=O)NNC(=O)c2cc(OC)c(OC)c(OC)c2)cc1. The summed E-state index contributed by atoms with van der Waals surface area (Å²) in [4.78, 5) is 24.3. The molecule has 29 heavy (non-hydrogen) atoms. The number of hydrogen-bond donors (Lipinski definition) is 2. The van der Waals surface area contributed by atoms with Crippen LogP contribution in [-0.2, 0) is 4.79 Å². The number of ether oxygens (including phenoxy) is 4. The van der Waals surface area contributed by atoms with Crippen molar-refractivity contribution in [1.82, 2.24) is 10.9 Å². The molecule has 2 aromatic rings. The molecule has 0 radical (unpaired) electrons. The number of carbonyl (C=O) groups excluding carboxylic acids is 2. The lowest BCUT2D eigenvalue weighted by Gasteiger charge is -2.14. The zero-order valence-electron chi connectivity index (χ0n) is 16.8. The number of methoxy groups -OCH3 is 3. The Hall–Kier alpha value is -3.68. The van der Waals surface area contributed by atoms with Gasteiger partial charge in [0.25, 0.3) is 11.8 Å². The highest BCUT2D eigenvalue weighted by Crippen LogP contribution is 2.38. The quantitative estimate of drug-likeness (QED) is 0.522. The van der Waals surface area contributed by atoms with Gasteiger partial charge in [-0.05, 0) is 42.8 Å². The van der Waals surface area contributed by atoms with Gasteiger partial charge in [0.1, 0.15) is 5.75 Å². The maximum Gasteiger partial charge on any atom is 0.269 e. The highest BCUT2D eigenvalue weighted by molar-refractivity contribution is 5.98. The van der Waals surface area contributed by atoms with Crippen LogP contribution in [0.15, 0.2) is 42.5 Å². The van der Waals surface area contributed by atoms with Gasteiger partial charge in [0.05, 0.1) is 27.9 Å². The minimum absolute atomic E-state index is 0.232. The molecule has 0 heterocycles. The van der Waals surface area contributed by atoms with E-state index < -0.39 is 11.8 Å². The lowest BCUT2D eigenvalue weighted by molar-refractivity contribution is -0.117. The molecular formula is C21H24N2O6. The first-order valence-corrected chi connectivity index (χ1v) is 8.83. The second-order valence-corrected chi connectivity index (χ2v) is 5.69. The molecule has 0 bridgehead atoms. The molecule has 0 saturated carbocycles. The van der Waals surface area contributed by atoms with Crippen molar-refractivity contribution in [1.29, 1.82) is 0 Å². The number of nitrogens with one attached hydrogen (secondary N) is 2.